The van der Waals surface area contributed by atoms with Crippen LogP contribution in [0.1, 0.15) is 16.8 Å². The molecule has 0 radical (unpaired) electrons. The van der Waals surface area contributed by atoms with E-state index in [-0.39, 0.29) is 5.91 Å². The number of carbonyl (C=O) groups is 1. The van der Waals surface area contributed by atoms with Crippen LogP contribution in [-0.4, -0.2) is 38.7 Å². The molecule has 6 rings (SSSR count). The van der Waals surface area contributed by atoms with Gasteiger partial charge in [0, 0.05) is 42.1 Å². The Kier molecular flexibility index (Phi) is 6.53. The fraction of sp³-hybridized carbons (Fsp3) is 0.179. The van der Waals surface area contributed by atoms with Crippen molar-refractivity contribution in [2.24, 2.45) is 0 Å². The van der Waals surface area contributed by atoms with Gasteiger partial charge in [0.15, 0.2) is 0 Å². The zero-order chi connectivity index (χ0) is 25.0. The van der Waals surface area contributed by atoms with Gasteiger partial charge in [0.05, 0.1) is 17.2 Å². The highest BCUT2D eigenvalue weighted by molar-refractivity contribution is 7.07. The molecule has 5 aromatic rings. The van der Waals surface area contributed by atoms with Crippen LogP contribution >= 0.6 is 11.3 Å². The number of benzene rings is 2. The van der Waals surface area contributed by atoms with Gasteiger partial charge in [-0.05, 0) is 59.4 Å². The third kappa shape index (κ3) is 4.91. The van der Waals surface area contributed by atoms with Crippen molar-refractivity contribution in [1.29, 1.82) is 0 Å². The lowest BCUT2D eigenvalue weighted by atomic mass is 9.97. The first-order chi connectivity index (χ1) is 18.3. The van der Waals surface area contributed by atoms with Crippen molar-refractivity contribution in [3.8, 4) is 22.6 Å². The number of nitrogens with zero attached hydrogens (tertiary/aromatic N) is 5. The summed E-state index contributed by atoms with van der Waals surface area (Å²) >= 11 is 1.55. The van der Waals surface area contributed by atoms with E-state index in [0.29, 0.717) is 31.8 Å². The number of anilines is 1. The highest BCUT2D eigenvalue weighted by atomic mass is 32.1. The summed E-state index contributed by atoms with van der Waals surface area (Å²) in [5, 5.41) is 13.5. The van der Waals surface area contributed by atoms with Gasteiger partial charge in [-0.1, -0.05) is 30.3 Å². The van der Waals surface area contributed by atoms with Crippen LogP contribution in [-0.2, 0) is 24.2 Å². The Balaban J connectivity index is 1.37. The summed E-state index contributed by atoms with van der Waals surface area (Å²) in [7, 11) is 0. The number of rotatable bonds is 8. The molecule has 1 aliphatic rings. The first kappa shape index (κ1) is 23.2. The van der Waals surface area contributed by atoms with E-state index in [0.717, 1.165) is 39.2 Å². The molecule has 0 aliphatic carbocycles. The maximum atomic E-state index is 14.1. The second-order valence-corrected chi connectivity index (χ2v) is 9.56. The van der Waals surface area contributed by atoms with Crippen LogP contribution in [0.5, 0.6) is 0 Å². The number of thiazole rings is 1. The van der Waals surface area contributed by atoms with E-state index < -0.39 is 6.04 Å². The van der Waals surface area contributed by atoms with Crippen molar-refractivity contribution in [2.75, 3.05) is 11.4 Å². The second kappa shape index (κ2) is 10.4. The maximum Gasteiger partial charge on any atom is 0.247 e. The largest absolute Gasteiger partial charge is 0.423 e. The molecule has 2 aromatic carbocycles. The van der Waals surface area contributed by atoms with E-state index >= 15 is 0 Å². The molecule has 1 amide bonds. The quantitative estimate of drug-likeness (QED) is 0.329. The van der Waals surface area contributed by atoms with E-state index in [2.05, 4.69) is 49.7 Å². The number of nitrogens with one attached hydrogen (secondary N) is 1. The average Bonchev–Trinajstić information content (AvgIpc) is 3.73. The molecule has 0 saturated heterocycles. The molecule has 184 valence electrons. The summed E-state index contributed by atoms with van der Waals surface area (Å²) < 4.78 is 5.58. The third-order valence-corrected chi connectivity index (χ3v) is 7.20. The van der Waals surface area contributed by atoms with Crippen molar-refractivity contribution in [1.82, 2.24) is 25.5 Å². The minimum atomic E-state index is -0.411. The minimum absolute atomic E-state index is 0.0289. The third-order valence-electron chi connectivity index (χ3n) is 6.57. The number of hydrogen-bond donors (Lipinski definition) is 1. The van der Waals surface area contributed by atoms with Gasteiger partial charge in [0.1, 0.15) is 0 Å². The van der Waals surface area contributed by atoms with E-state index in [1.807, 2.05) is 40.6 Å². The predicted octanol–water partition coefficient (Wildman–Crippen LogP) is 4.55. The van der Waals surface area contributed by atoms with Gasteiger partial charge in [0.2, 0.25) is 18.2 Å². The Morgan fingerprint density at radius 3 is 2.73 bits per heavy atom. The lowest BCUT2D eigenvalue weighted by Gasteiger charge is -2.25. The van der Waals surface area contributed by atoms with Gasteiger partial charge in [-0.3, -0.25) is 15.1 Å². The Morgan fingerprint density at radius 1 is 1.11 bits per heavy atom. The Morgan fingerprint density at radius 2 is 1.97 bits per heavy atom. The molecule has 1 N–H and O–H groups in total. The fourth-order valence-electron chi connectivity index (χ4n) is 4.76. The van der Waals surface area contributed by atoms with Crippen molar-refractivity contribution in [3.05, 3.63) is 101 Å². The normalized spacial score (nSPS) is 13.5. The Bertz CT molecular complexity index is 1470. The number of amides is 1. The molecule has 37 heavy (non-hydrogen) atoms. The van der Waals surface area contributed by atoms with Crippen molar-refractivity contribution in [2.45, 2.75) is 25.4 Å². The van der Waals surface area contributed by atoms with Crippen LogP contribution in [0, 0.1) is 0 Å². The van der Waals surface area contributed by atoms with Gasteiger partial charge in [-0.25, -0.2) is 4.98 Å². The number of fused-ring (bicyclic) bond motifs is 1. The van der Waals surface area contributed by atoms with Crippen LogP contribution in [0.4, 0.5) is 5.69 Å². The van der Waals surface area contributed by atoms with Crippen molar-refractivity contribution < 1.29 is 9.21 Å². The molecule has 9 heteroatoms. The van der Waals surface area contributed by atoms with Gasteiger partial charge in [-0.2, -0.15) is 0 Å². The highest BCUT2D eigenvalue weighted by Crippen LogP contribution is 2.40. The number of pyridine rings is 1. The summed E-state index contributed by atoms with van der Waals surface area (Å²) in [5.74, 6) is 0.477. The van der Waals surface area contributed by atoms with Crippen molar-refractivity contribution >= 4 is 22.9 Å². The monoisotopic (exact) mass is 508 g/mol. The molecule has 1 unspecified atom stereocenters. The van der Waals surface area contributed by atoms with Gasteiger partial charge < -0.3 is 9.32 Å². The van der Waals surface area contributed by atoms with Gasteiger partial charge in [0.25, 0.3) is 0 Å². The molecule has 1 aliphatic heterocycles. The zero-order valence-corrected chi connectivity index (χ0v) is 20.8. The molecule has 4 heterocycles. The molecule has 0 saturated carbocycles. The predicted molar refractivity (Wildman–Crippen MR) is 142 cm³/mol. The van der Waals surface area contributed by atoms with Crippen LogP contribution in [0.2, 0.25) is 0 Å². The minimum Gasteiger partial charge on any atom is -0.423 e. The summed E-state index contributed by atoms with van der Waals surface area (Å²) in [4.78, 5) is 24.5. The van der Waals surface area contributed by atoms with Crippen LogP contribution in [0.25, 0.3) is 22.6 Å². The Labute approximate surface area is 218 Å². The smallest absolute Gasteiger partial charge is 0.247 e. The Hall–Kier alpha value is -4.21. The van der Waals surface area contributed by atoms with Crippen LogP contribution in [0.15, 0.2) is 88.7 Å². The molecule has 0 bridgehead atoms. The second-order valence-electron chi connectivity index (χ2n) is 8.84. The van der Waals surface area contributed by atoms with Crippen molar-refractivity contribution in [3.63, 3.8) is 0 Å². The molecular formula is C28H24N6O2S. The highest BCUT2D eigenvalue weighted by Gasteiger charge is 2.33. The lowest BCUT2D eigenvalue weighted by molar-refractivity contribution is -0.120. The summed E-state index contributed by atoms with van der Waals surface area (Å²) in [5.41, 5.74) is 8.56. The molecule has 3 aromatic heterocycles. The SMILES string of the molecule is O=C(C(Cc1ccccc1)NCc1cscn1)N1CCc2c(-c3nnco3)cc(-c3ccncc3)cc21. The zero-order valence-electron chi connectivity index (χ0n) is 19.9. The number of aromatic nitrogens is 4. The number of carbonyl (C=O) groups excluding carboxylic acids is 1. The summed E-state index contributed by atoms with van der Waals surface area (Å²) in [6, 6.07) is 17.7. The van der Waals surface area contributed by atoms with E-state index in [1.165, 1.54) is 6.39 Å². The number of hydrogen-bond acceptors (Lipinski definition) is 8. The first-order valence-corrected chi connectivity index (χ1v) is 13.0. The average molecular weight is 509 g/mol. The lowest BCUT2D eigenvalue weighted by Crippen LogP contribution is -2.47. The van der Waals surface area contributed by atoms with Crippen LogP contribution < -0.4 is 10.2 Å². The molecule has 8 nitrogen and oxygen atoms in total. The molecule has 0 spiro atoms. The first-order valence-electron chi connectivity index (χ1n) is 12.1. The van der Waals surface area contributed by atoms with E-state index in [9.17, 15) is 4.79 Å². The maximum absolute atomic E-state index is 14.1. The molecule has 0 fully saturated rings. The van der Waals surface area contributed by atoms with Gasteiger partial charge >= 0.3 is 0 Å². The topological polar surface area (TPSA) is 97.0 Å². The van der Waals surface area contributed by atoms with E-state index in [1.54, 1.807) is 29.2 Å². The van der Waals surface area contributed by atoms with Gasteiger partial charge in [-0.15, -0.1) is 21.5 Å². The fourth-order valence-corrected chi connectivity index (χ4v) is 5.32. The van der Waals surface area contributed by atoms with Crippen LogP contribution in [0.3, 0.4) is 0 Å². The molecular weight excluding hydrogens is 484 g/mol. The van der Waals surface area contributed by atoms with E-state index in [4.69, 9.17) is 4.42 Å². The molecule has 1 atom stereocenters. The summed E-state index contributed by atoms with van der Waals surface area (Å²) in [6.07, 6.45) is 6.14. The summed E-state index contributed by atoms with van der Waals surface area (Å²) in [6.45, 7) is 1.11. The standard InChI is InChI=1S/C28H24N6O2S/c35-28(25(12-19-4-2-1-3-5-19)30-15-22-16-37-18-31-22)34-11-8-23-24(27-33-32-17-36-27)13-21(14-26(23)34)20-6-9-29-10-7-20/h1-7,9-10,13-14,16-18,25,30H,8,11-12,15H2.